The third-order valence-corrected chi connectivity index (χ3v) is 5.60. The zero-order valence-corrected chi connectivity index (χ0v) is 16.9. The number of piperidine rings is 1. The number of benzene rings is 2. The summed E-state index contributed by atoms with van der Waals surface area (Å²) in [5.74, 6) is 0.276. The molecule has 0 bridgehead atoms. The summed E-state index contributed by atoms with van der Waals surface area (Å²) in [6.45, 7) is 3.31. The molecule has 5 heteroatoms. The van der Waals surface area contributed by atoms with E-state index in [4.69, 9.17) is 11.6 Å². The maximum atomic E-state index is 12.5. The molecule has 0 aliphatic carbocycles. The zero-order chi connectivity index (χ0) is 19.2. The van der Waals surface area contributed by atoms with E-state index in [0.717, 1.165) is 54.3 Å². The van der Waals surface area contributed by atoms with Gasteiger partial charge in [-0.2, -0.15) is 0 Å². The van der Waals surface area contributed by atoms with Gasteiger partial charge in [-0.1, -0.05) is 41.9 Å². The summed E-state index contributed by atoms with van der Waals surface area (Å²) in [5, 5.41) is 3.92. The van der Waals surface area contributed by atoms with Crippen LogP contribution in [-0.2, 0) is 17.9 Å². The second-order valence-corrected chi connectivity index (χ2v) is 7.83. The van der Waals surface area contributed by atoms with E-state index in [2.05, 4.69) is 45.4 Å². The fourth-order valence-electron chi connectivity index (χ4n) is 3.47. The van der Waals surface area contributed by atoms with Gasteiger partial charge in [0.15, 0.2) is 0 Å². The van der Waals surface area contributed by atoms with Crippen LogP contribution in [0.1, 0.15) is 24.0 Å². The second kappa shape index (κ2) is 9.25. The molecule has 27 heavy (non-hydrogen) atoms. The fourth-order valence-corrected chi connectivity index (χ4v) is 3.66. The van der Waals surface area contributed by atoms with Crippen LogP contribution in [0.5, 0.6) is 0 Å². The summed E-state index contributed by atoms with van der Waals surface area (Å²) in [5.41, 5.74) is 3.45. The normalized spacial score (nSPS) is 15.5. The number of likely N-dealkylation sites (tertiary alicyclic amines) is 1. The van der Waals surface area contributed by atoms with Crippen molar-refractivity contribution in [3.63, 3.8) is 0 Å². The molecule has 0 saturated carbocycles. The molecule has 2 aromatic carbocycles. The highest BCUT2D eigenvalue weighted by atomic mass is 35.5. The first-order valence-electron chi connectivity index (χ1n) is 9.52. The predicted molar refractivity (Wildman–Crippen MR) is 112 cm³/mol. The van der Waals surface area contributed by atoms with E-state index in [1.54, 1.807) is 0 Å². The lowest BCUT2D eigenvalue weighted by Gasteiger charge is -2.31. The summed E-state index contributed by atoms with van der Waals surface area (Å²) in [6.07, 6.45) is 1.80. The molecule has 144 valence electrons. The minimum atomic E-state index is 0.105. The van der Waals surface area contributed by atoms with Gasteiger partial charge in [0, 0.05) is 43.8 Å². The van der Waals surface area contributed by atoms with Crippen molar-refractivity contribution in [1.82, 2.24) is 10.2 Å². The van der Waals surface area contributed by atoms with Gasteiger partial charge in [-0.25, -0.2) is 0 Å². The molecule has 0 unspecified atom stereocenters. The van der Waals surface area contributed by atoms with Crippen LogP contribution in [0, 0.1) is 5.92 Å². The van der Waals surface area contributed by atoms with Gasteiger partial charge in [-0.05, 0) is 55.3 Å². The number of carbonyl (C=O) groups is 1. The van der Waals surface area contributed by atoms with E-state index in [9.17, 15) is 4.79 Å². The Morgan fingerprint density at radius 2 is 1.78 bits per heavy atom. The Balaban J connectivity index is 1.43. The third kappa shape index (κ3) is 5.47. The van der Waals surface area contributed by atoms with Crippen molar-refractivity contribution in [2.45, 2.75) is 25.9 Å². The number of nitrogens with one attached hydrogen (secondary N) is 1. The summed E-state index contributed by atoms with van der Waals surface area (Å²) in [4.78, 5) is 17.0. The van der Waals surface area contributed by atoms with Crippen LogP contribution < -0.4 is 10.2 Å². The van der Waals surface area contributed by atoms with Gasteiger partial charge in [-0.15, -0.1) is 0 Å². The van der Waals surface area contributed by atoms with Crippen molar-refractivity contribution in [3.8, 4) is 0 Å². The topological polar surface area (TPSA) is 35.6 Å². The fraction of sp³-hybridized carbons (Fsp3) is 0.409. The van der Waals surface area contributed by atoms with E-state index in [-0.39, 0.29) is 11.8 Å². The van der Waals surface area contributed by atoms with Crippen molar-refractivity contribution < 1.29 is 4.79 Å². The van der Waals surface area contributed by atoms with Gasteiger partial charge in [0.1, 0.15) is 0 Å². The van der Waals surface area contributed by atoms with Crippen LogP contribution in [0.2, 0.25) is 5.02 Å². The van der Waals surface area contributed by atoms with Crippen LogP contribution in [-0.4, -0.2) is 38.0 Å². The van der Waals surface area contributed by atoms with Gasteiger partial charge >= 0.3 is 0 Å². The molecule has 1 N–H and O–H groups in total. The first-order valence-corrected chi connectivity index (χ1v) is 9.90. The van der Waals surface area contributed by atoms with E-state index in [1.807, 2.05) is 32.3 Å². The Labute approximate surface area is 167 Å². The Morgan fingerprint density at radius 1 is 1.11 bits per heavy atom. The van der Waals surface area contributed by atoms with Crippen LogP contribution in [0.15, 0.2) is 48.5 Å². The number of hydrogen-bond acceptors (Lipinski definition) is 3. The van der Waals surface area contributed by atoms with E-state index < -0.39 is 0 Å². The number of nitrogens with zero attached hydrogens (tertiary/aromatic N) is 2. The lowest BCUT2D eigenvalue weighted by Crippen LogP contribution is -2.40. The highest BCUT2D eigenvalue weighted by Crippen LogP contribution is 2.22. The first kappa shape index (κ1) is 19.7. The molecule has 1 fully saturated rings. The molecule has 3 rings (SSSR count). The number of anilines is 1. The van der Waals surface area contributed by atoms with Gasteiger partial charge in [0.05, 0.1) is 0 Å². The number of rotatable bonds is 6. The molecule has 1 saturated heterocycles. The Bertz CT molecular complexity index is 752. The number of amides is 1. The number of halogens is 1. The van der Waals surface area contributed by atoms with Crippen molar-refractivity contribution in [1.29, 1.82) is 0 Å². The Hall–Kier alpha value is -2.04. The standard InChI is InChI=1S/C22H28ClN3O/c1-25(2)20-9-7-17(8-10-20)15-24-22(27)18-11-13-26(14-12-18)16-19-5-3-4-6-21(19)23/h3-10,18H,11-16H2,1-2H3,(H,24,27). The van der Waals surface area contributed by atoms with Crippen LogP contribution in [0.25, 0.3) is 0 Å². The smallest absolute Gasteiger partial charge is 0.223 e. The Morgan fingerprint density at radius 3 is 2.41 bits per heavy atom. The molecule has 1 heterocycles. The average Bonchev–Trinajstić information content (AvgIpc) is 2.69. The molecule has 1 aliphatic heterocycles. The average molecular weight is 386 g/mol. The monoisotopic (exact) mass is 385 g/mol. The maximum absolute atomic E-state index is 12.5. The predicted octanol–water partition coefficient (Wildman–Crippen LogP) is 3.93. The van der Waals surface area contributed by atoms with Crippen molar-refractivity contribution in [2.24, 2.45) is 5.92 Å². The van der Waals surface area contributed by atoms with Gasteiger partial charge in [-0.3, -0.25) is 9.69 Å². The Kier molecular flexibility index (Phi) is 6.75. The molecule has 0 aromatic heterocycles. The van der Waals surface area contributed by atoms with Crippen molar-refractivity contribution in [3.05, 3.63) is 64.7 Å². The summed E-state index contributed by atoms with van der Waals surface area (Å²) < 4.78 is 0. The highest BCUT2D eigenvalue weighted by molar-refractivity contribution is 6.31. The first-order chi connectivity index (χ1) is 13.0. The third-order valence-electron chi connectivity index (χ3n) is 5.23. The van der Waals surface area contributed by atoms with Crippen LogP contribution >= 0.6 is 11.6 Å². The second-order valence-electron chi connectivity index (χ2n) is 7.42. The molecule has 4 nitrogen and oxygen atoms in total. The SMILES string of the molecule is CN(C)c1ccc(CNC(=O)C2CCN(Cc3ccccc3Cl)CC2)cc1. The van der Waals surface area contributed by atoms with E-state index in [1.165, 1.54) is 0 Å². The molecular weight excluding hydrogens is 358 g/mol. The largest absolute Gasteiger partial charge is 0.378 e. The molecule has 0 spiro atoms. The van der Waals surface area contributed by atoms with Crippen molar-refractivity contribution >= 4 is 23.2 Å². The summed E-state index contributed by atoms with van der Waals surface area (Å²) in [7, 11) is 4.05. The zero-order valence-electron chi connectivity index (χ0n) is 16.1. The number of hydrogen-bond donors (Lipinski definition) is 1. The van der Waals surface area contributed by atoms with Gasteiger partial charge in [0.2, 0.25) is 5.91 Å². The molecule has 1 amide bonds. The van der Waals surface area contributed by atoms with Crippen LogP contribution in [0.3, 0.4) is 0 Å². The lowest BCUT2D eigenvalue weighted by atomic mass is 9.95. The molecular formula is C22H28ClN3O. The molecule has 0 radical (unpaired) electrons. The van der Waals surface area contributed by atoms with E-state index >= 15 is 0 Å². The number of carbonyl (C=O) groups excluding carboxylic acids is 1. The minimum Gasteiger partial charge on any atom is -0.378 e. The van der Waals surface area contributed by atoms with Crippen molar-refractivity contribution in [2.75, 3.05) is 32.1 Å². The van der Waals surface area contributed by atoms with E-state index in [0.29, 0.717) is 6.54 Å². The van der Waals surface area contributed by atoms with Gasteiger partial charge in [0.25, 0.3) is 0 Å². The maximum Gasteiger partial charge on any atom is 0.223 e. The molecule has 1 aliphatic rings. The highest BCUT2D eigenvalue weighted by Gasteiger charge is 2.25. The minimum absolute atomic E-state index is 0.105. The summed E-state index contributed by atoms with van der Waals surface area (Å²) in [6, 6.07) is 16.3. The van der Waals surface area contributed by atoms with Crippen LogP contribution in [0.4, 0.5) is 5.69 Å². The molecule has 0 atom stereocenters. The lowest BCUT2D eigenvalue weighted by molar-refractivity contribution is -0.126. The quantitative estimate of drug-likeness (QED) is 0.818. The van der Waals surface area contributed by atoms with Gasteiger partial charge < -0.3 is 10.2 Å². The summed E-state index contributed by atoms with van der Waals surface area (Å²) >= 11 is 6.26. The molecule has 2 aromatic rings.